The van der Waals surface area contributed by atoms with Crippen molar-refractivity contribution in [3.63, 3.8) is 0 Å². The summed E-state index contributed by atoms with van der Waals surface area (Å²) in [6.45, 7) is 0. The van der Waals surface area contributed by atoms with E-state index >= 15 is 0 Å². The number of carboxylic acids is 2. The lowest BCUT2D eigenvalue weighted by Gasteiger charge is -2.13. The quantitative estimate of drug-likeness (QED) is 0.849. The average Bonchev–Trinajstić information content (AvgIpc) is 2.46. The molecule has 2 aromatic rings. The lowest BCUT2D eigenvalue weighted by Crippen LogP contribution is -2.33. The van der Waals surface area contributed by atoms with E-state index in [2.05, 4.69) is 5.10 Å². The van der Waals surface area contributed by atoms with E-state index in [0.29, 0.717) is 15.9 Å². The summed E-state index contributed by atoms with van der Waals surface area (Å²) >= 11 is 0. The van der Waals surface area contributed by atoms with Crippen molar-refractivity contribution < 1.29 is 19.8 Å². The number of aliphatic carboxylic acids is 2. The zero-order valence-corrected chi connectivity index (χ0v) is 10.8. The lowest BCUT2D eigenvalue weighted by molar-refractivity contribution is -0.147. The normalized spacial score (nSPS) is 11.8. The molecule has 1 heterocycles. The van der Waals surface area contributed by atoms with E-state index in [1.54, 1.807) is 24.3 Å². The molecule has 0 aliphatic heterocycles. The maximum Gasteiger partial charge on any atom is 0.329 e. The fourth-order valence-electron chi connectivity index (χ4n) is 1.86. The highest BCUT2D eigenvalue weighted by Gasteiger charge is 2.25. The fraction of sp³-hybridized carbons (Fsp3) is 0.143. The van der Waals surface area contributed by atoms with E-state index in [1.807, 2.05) is 6.07 Å². The second-order valence-electron chi connectivity index (χ2n) is 4.32. The molecule has 21 heavy (non-hydrogen) atoms. The molecule has 0 radical (unpaired) electrons. The summed E-state index contributed by atoms with van der Waals surface area (Å²) in [5.74, 6) is -2.74. The van der Waals surface area contributed by atoms with Gasteiger partial charge in [0.1, 0.15) is 0 Å². The first-order valence-electron chi connectivity index (χ1n) is 6.09. The van der Waals surface area contributed by atoms with E-state index < -0.39 is 30.0 Å². The molecule has 2 rings (SSSR count). The molecule has 7 heteroatoms. The van der Waals surface area contributed by atoms with Crippen LogP contribution in [-0.4, -0.2) is 31.9 Å². The van der Waals surface area contributed by atoms with Gasteiger partial charge in [0.2, 0.25) is 0 Å². The molecule has 0 bridgehead atoms. The SMILES string of the molecule is O=C(O)CC(C(=O)O)n1nc(-c2ccccc2)ccc1=O. The summed E-state index contributed by atoms with van der Waals surface area (Å²) in [7, 11) is 0. The molecule has 0 saturated heterocycles. The Hall–Kier alpha value is -2.96. The van der Waals surface area contributed by atoms with Crippen molar-refractivity contribution >= 4 is 11.9 Å². The van der Waals surface area contributed by atoms with Crippen molar-refractivity contribution in [2.75, 3.05) is 0 Å². The van der Waals surface area contributed by atoms with Gasteiger partial charge in [-0.15, -0.1) is 0 Å². The smallest absolute Gasteiger partial charge is 0.329 e. The molecule has 0 saturated carbocycles. The number of carbonyl (C=O) groups is 2. The highest BCUT2D eigenvalue weighted by molar-refractivity contribution is 5.79. The summed E-state index contributed by atoms with van der Waals surface area (Å²) in [5.41, 5.74) is 0.431. The van der Waals surface area contributed by atoms with Crippen LogP contribution in [0.15, 0.2) is 47.3 Å². The van der Waals surface area contributed by atoms with Gasteiger partial charge < -0.3 is 10.2 Å². The molecule has 0 fully saturated rings. The number of aromatic nitrogens is 2. The zero-order chi connectivity index (χ0) is 15.4. The van der Waals surface area contributed by atoms with Crippen molar-refractivity contribution in [3.8, 4) is 11.3 Å². The average molecular weight is 288 g/mol. The van der Waals surface area contributed by atoms with Crippen molar-refractivity contribution in [3.05, 3.63) is 52.8 Å². The summed E-state index contributed by atoms with van der Waals surface area (Å²) < 4.78 is 0.693. The molecule has 0 aliphatic carbocycles. The molecular weight excluding hydrogens is 276 g/mol. The molecular formula is C14H12N2O5. The van der Waals surface area contributed by atoms with Crippen LogP contribution in [0.4, 0.5) is 0 Å². The van der Waals surface area contributed by atoms with Crippen LogP contribution in [0.3, 0.4) is 0 Å². The zero-order valence-electron chi connectivity index (χ0n) is 10.8. The Morgan fingerprint density at radius 1 is 1.10 bits per heavy atom. The van der Waals surface area contributed by atoms with Gasteiger partial charge in [-0.1, -0.05) is 30.3 Å². The summed E-state index contributed by atoms with van der Waals surface area (Å²) in [5, 5.41) is 21.8. The van der Waals surface area contributed by atoms with Crippen molar-refractivity contribution in [1.82, 2.24) is 9.78 Å². The first kappa shape index (κ1) is 14.4. The van der Waals surface area contributed by atoms with Crippen LogP contribution in [-0.2, 0) is 9.59 Å². The first-order valence-corrected chi connectivity index (χ1v) is 6.09. The Bertz CT molecular complexity index is 724. The third-order valence-electron chi connectivity index (χ3n) is 2.84. The third-order valence-corrected chi connectivity index (χ3v) is 2.84. The van der Waals surface area contributed by atoms with Gasteiger partial charge in [0, 0.05) is 11.6 Å². The van der Waals surface area contributed by atoms with Gasteiger partial charge >= 0.3 is 11.9 Å². The van der Waals surface area contributed by atoms with Crippen LogP contribution in [0.5, 0.6) is 0 Å². The topological polar surface area (TPSA) is 109 Å². The minimum absolute atomic E-state index is 0.395. The van der Waals surface area contributed by atoms with Gasteiger partial charge in [0.25, 0.3) is 5.56 Å². The van der Waals surface area contributed by atoms with Gasteiger partial charge in [-0.3, -0.25) is 9.59 Å². The van der Waals surface area contributed by atoms with Gasteiger partial charge in [-0.2, -0.15) is 5.10 Å². The fourth-order valence-corrected chi connectivity index (χ4v) is 1.86. The molecule has 1 aromatic carbocycles. The highest BCUT2D eigenvalue weighted by atomic mass is 16.4. The highest BCUT2D eigenvalue weighted by Crippen LogP contribution is 2.16. The van der Waals surface area contributed by atoms with Gasteiger partial charge in [0.05, 0.1) is 12.1 Å². The van der Waals surface area contributed by atoms with Crippen molar-refractivity contribution in [2.45, 2.75) is 12.5 Å². The second kappa shape index (κ2) is 6.00. The molecule has 1 atom stereocenters. The van der Waals surface area contributed by atoms with Gasteiger partial charge in [0.15, 0.2) is 6.04 Å². The molecule has 7 nitrogen and oxygen atoms in total. The van der Waals surface area contributed by atoms with Gasteiger partial charge in [-0.05, 0) is 6.07 Å². The van der Waals surface area contributed by atoms with E-state index in [9.17, 15) is 14.4 Å². The number of rotatable bonds is 5. The van der Waals surface area contributed by atoms with Crippen molar-refractivity contribution in [2.24, 2.45) is 0 Å². The van der Waals surface area contributed by atoms with Crippen LogP contribution < -0.4 is 5.56 Å². The second-order valence-corrected chi connectivity index (χ2v) is 4.32. The first-order chi connectivity index (χ1) is 9.99. The van der Waals surface area contributed by atoms with E-state index in [1.165, 1.54) is 12.1 Å². The Morgan fingerprint density at radius 2 is 1.76 bits per heavy atom. The van der Waals surface area contributed by atoms with Crippen molar-refractivity contribution in [1.29, 1.82) is 0 Å². The Morgan fingerprint density at radius 3 is 2.33 bits per heavy atom. The third kappa shape index (κ3) is 3.33. The summed E-state index contributed by atoms with van der Waals surface area (Å²) in [6, 6.07) is 9.97. The molecule has 1 aromatic heterocycles. The number of hydrogen-bond acceptors (Lipinski definition) is 4. The molecule has 0 spiro atoms. The number of benzene rings is 1. The van der Waals surface area contributed by atoms with E-state index in [4.69, 9.17) is 10.2 Å². The van der Waals surface area contributed by atoms with Gasteiger partial charge in [-0.25, -0.2) is 9.48 Å². The Balaban J connectivity index is 2.50. The minimum Gasteiger partial charge on any atom is -0.481 e. The van der Waals surface area contributed by atoms with Crippen LogP contribution in [0.2, 0.25) is 0 Å². The molecule has 1 unspecified atom stereocenters. The van der Waals surface area contributed by atoms with Crippen LogP contribution in [0, 0.1) is 0 Å². The van der Waals surface area contributed by atoms with Crippen LogP contribution >= 0.6 is 0 Å². The predicted octanol–water partition coefficient (Wildman–Crippen LogP) is 1.01. The maximum absolute atomic E-state index is 11.8. The molecule has 108 valence electrons. The summed E-state index contributed by atoms with van der Waals surface area (Å²) in [6.07, 6.45) is -0.722. The molecule has 2 N–H and O–H groups in total. The number of hydrogen-bond donors (Lipinski definition) is 2. The van der Waals surface area contributed by atoms with Crippen LogP contribution in [0.25, 0.3) is 11.3 Å². The number of carboxylic acid groups (broad SMARTS) is 2. The minimum atomic E-state index is -1.54. The largest absolute Gasteiger partial charge is 0.481 e. The van der Waals surface area contributed by atoms with Crippen LogP contribution in [0.1, 0.15) is 12.5 Å². The standard InChI is InChI=1S/C14H12N2O5/c17-12-7-6-10(9-4-2-1-3-5-9)15-16(12)11(14(20)21)8-13(18)19/h1-7,11H,8H2,(H,18,19)(H,20,21). The monoisotopic (exact) mass is 288 g/mol. The Labute approximate surface area is 119 Å². The van der Waals surface area contributed by atoms with E-state index in [-0.39, 0.29) is 0 Å². The van der Waals surface area contributed by atoms with E-state index in [0.717, 1.165) is 0 Å². The number of nitrogens with zero attached hydrogens (tertiary/aromatic N) is 2. The molecule has 0 aliphatic rings. The predicted molar refractivity (Wildman–Crippen MR) is 72.9 cm³/mol. The Kier molecular flexibility index (Phi) is 4.13. The summed E-state index contributed by atoms with van der Waals surface area (Å²) in [4.78, 5) is 33.7. The lowest BCUT2D eigenvalue weighted by atomic mass is 10.1. The maximum atomic E-state index is 11.8. The molecule has 0 amide bonds.